The maximum absolute atomic E-state index is 2.33. The van der Waals surface area contributed by atoms with Crippen molar-refractivity contribution in [2.45, 2.75) is 26.2 Å². The highest BCUT2D eigenvalue weighted by molar-refractivity contribution is 14.1. The molecule has 1 heteroatoms. The van der Waals surface area contributed by atoms with Crippen LogP contribution in [0.4, 0.5) is 0 Å². The first-order chi connectivity index (χ1) is 5.24. The van der Waals surface area contributed by atoms with Crippen LogP contribution in [0.5, 0.6) is 0 Å². The lowest BCUT2D eigenvalue weighted by Crippen LogP contribution is -1.89. The highest BCUT2D eigenvalue weighted by Crippen LogP contribution is 2.18. The third-order valence-corrected chi connectivity index (χ3v) is 2.77. The smallest absolute Gasteiger partial charge is 0.0130 e. The van der Waals surface area contributed by atoms with Gasteiger partial charge in [0.1, 0.15) is 0 Å². The summed E-state index contributed by atoms with van der Waals surface area (Å²) >= 11 is 2.33. The molecular formula is C10H13I. The fourth-order valence-electron chi connectivity index (χ4n) is 1.03. The predicted molar refractivity (Wildman–Crippen MR) is 57.9 cm³/mol. The Morgan fingerprint density at radius 3 is 2.27 bits per heavy atom. The van der Waals surface area contributed by atoms with Crippen LogP contribution in [0.1, 0.15) is 31.7 Å². The number of hydrogen-bond acceptors (Lipinski definition) is 0. The van der Waals surface area contributed by atoms with E-state index in [0.29, 0.717) is 5.92 Å². The molecule has 0 saturated heterocycles. The molecule has 1 atom stereocenters. The van der Waals surface area contributed by atoms with Crippen LogP contribution in [0, 0.1) is 3.57 Å². The topological polar surface area (TPSA) is 0 Å². The van der Waals surface area contributed by atoms with Gasteiger partial charge in [-0.25, -0.2) is 0 Å². The first-order valence-electron chi connectivity index (χ1n) is 3.99. The first-order valence-corrected chi connectivity index (χ1v) is 5.07. The molecule has 0 aromatic heterocycles. The molecule has 0 aliphatic rings. The second kappa shape index (κ2) is 4.10. The first kappa shape index (κ1) is 9.04. The lowest BCUT2D eigenvalue weighted by Gasteiger charge is -2.07. The average molecular weight is 260 g/mol. The highest BCUT2D eigenvalue weighted by Gasteiger charge is 2.00. The van der Waals surface area contributed by atoms with E-state index in [0.717, 1.165) is 0 Å². The highest BCUT2D eigenvalue weighted by atomic mass is 127. The van der Waals surface area contributed by atoms with Crippen molar-refractivity contribution in [2.75, 3.05) is 0 Å². The van der Waals surface area contributed by atoms with E-state index >= 15 is 0 Å². The number of benzene rings is 1. The molecule has 60 valence electrons. The van der Waals surface area contributed by atoms with Gasteiger partial charge in [0.05, 0.1) is 0 Å². The Hall–Kier alpha value is -0.0500. The lowest BCUT2D eigenvalue weighted by atomic mass is 9.99. The van der Waals surface area contributed by atoms with Crippen LogP contribution in [-0.4, -0.2) is 0 Å². The SMILES string of the molecule is CC[C@@H](C)c1ccc(I)cc1. The van der Waals surface area contributed by atoms with Crippen LogP contribution < -0.4 is 0 Å². The van der Waals surface area contributed by atoms with Gasteiger partial charge in [0, 0.05) is 3.57 Å². The van der Waals surface area contributed by atoms with Gasteiger partial charge in [0.2, 0.25) is 0 Å². The van der Waals surface area contributed by atoms with Crippen molar-refractivity contribution in [1.29, 1.82) is 0 Å². The van der Waals surface area contributed by atoms with Gasteiger partial charge in [-0.15, -0.1) is 0 Å². The van der Waals surface area contributed by atoms with Crippen molar-refractivity contribution in [1.82, 2.24) is 0 Å². The van der Waals surface area contributed by atoms with E-state index in [9.17, 15) is 0 Å². The number of hydrogen-bond donors (Lipinski definition) is 0. The lowest BCUT2D eigenvalue weighted by molar-refractivity contribution is 0.733. The number of halogens is 1. The summed E-state index contributed by atoms with van der Waals surface area (Å²) in [5.41, 5.74) is 1.45. The predicted octanol–water partition coefficient (Wildman–Crippen LogP) is 3.80. The zero-order valence-electron chi connectivity index (χ0n) is 6.97. The molecule has 0 nitrogen and oxygen atoms in total. The zero-order chi connectivity index (χ0) is 8.27. The molecule has 0 unspecified atom stereocenters. The Labute approximate surface area is 82.2 Å². The fourth-order valence-corrected chi connectivity index (χ4v) is 1.39. The van der Waals surface area contributed by atoms with E-state index in [1.165, 1.54) is 15.6 Å². The molecule has 1 rings (SSSR count). The summed E-state index contributed by atoms with van der Waals surface area (Å²) in [6, 6.07) is 8.77. The third kappa shape index (κ3) is 2.47. The molecule has 0 radical (unpaired) electrons. The van der Waals surface area contributed by atoms with E-state index in [2.05, 4.69) is 60.7 Å². The molecule has 0 heterocycles. The van der Waals surface area contributed by atoms with Crippen LogP contribution in [0.15, 0.2) is 24.3 Å². The molecule has 11 heavy (non-hydrogen) atoms. The Balaban J connectivity index is 2.81. The van der Waals surface area contributed by atoms with Gasteiger partial charge >= 0.3 is 0 Å². The van der Waals surface area contributed by atoms with Crippen molar-refractivity contribution >= 4 is 22.6 Å². The summed E-state index contributed by atoms with van der Waals surface area (Å²) < 4.78 is 1.31. The van der Waals surface area contributed by atoms with Gasteiger partial charge in [0.15, 0.2) is 0 Å². The van der Waals surface area contributed by atoms with E-state index in [1.807, 2.05) is 0 Å². The average Bonchev–Trinajstić information content (AvgIpc) is 2.05. The van der Waals surface area contributed by atoms with Crippen LogP contribution in [0.25, 0.3) is 0 Å². The molecule has 0 N–H and O–H groups in total. The van der Waals surface area contributed by atoms with Gasteiger partial charge in [-0.05, 0) is 52.6 Å². The summed E-state index contributed by atoms with van der Waals surface area (Å²) in [4.78, 5) is 0. The number of rotatable bonds is 2. The minimum Gasteiger partial charge on any atom is -0.0648 e. The van der Waals surface area contributed by atoms with E-state index in [-0.39, 0.29) is 0 Å². The Kier molecular flexibility index (Phi) is 3.37. The molecule has 1 aromatic rings. The van der Waals surface area contributed by atoms with Gasteiger partial charge in [0.25, 0.3) is 0 Å². The second-order valence-electron chi connectivity index (χ2n) is 2.86. The van der Waals surface area contributed by atoms with Crippen LogP contribution in [-0.2, 0) is 0 Å². The van der Waals surface area contributed by atoms with E-state index in [4.69, 9.17) is 0 Å². The van der Waals surface area contributed by atoms with Crippen molar-refractivity contribution in [2.24, 2.45) is 0 Å². The Bertz CT molecular complexity index is 213. The maximum Gasteiger partial charge on any atom is 0.0130 e. The normalized spacial score (nSPS) is 13.0. The standard InChI is InChI=1S/C10H13I/c1-3-8(2)9-4-6-10(11)7-5-9/h4-8H,3H2,1-2H3/t8-/m1/s1. The largest absolute Gasteiger partial charge is 0.0648 e. The van der Waals surface area contributed by atoms with Gasteiger partial charge < -0.3 is 0 Å². The van der Waals surface area contributed by atoms with Crippen molar-refractivity contribution in [3.8, 4) is 0 Å². The van der Waals surface area contributed by atoms with Gasteiger partial charge in [-0.2, -0.15) is 0 Å². The molecule has 0 amide bonds. The molecule has 0 aliphatic carbocycles. The minimum absolute atomic E-state index is 0.701. The zero-order valence-corrected chi connectivity index (χ0v) is 9.13. The molecular weight excluding hydrogens is 247 g/mol. The van der Waals surface area contributed by atoms with Crippen LogP contribution >= 0.6 is 22.6 Å². The fraction of sp³-hybridized carbons (Fsp3) is 0.400. The van der Waals surface area contributed by atoms with Crippen LogP contribution in [0.3, 0.4) is 0 Å². The van der Waals surface area contributed by atoms with Crippen molar-refractivity contribution < 1.29 is 0 Å². The minimum atomic E-state index is 0.701. The summed E-state index contributed by atoms with van der Waals surface area (Å²) in [5, 5.41) is 0. The van der Waals surface area contributed by atoms with Gasteiger partial charge in [-0.1, -0.05) is 26.0 Å². The second-order valence-corrected chi connectivity index (χ2v) is 4.11. The van der Waals surface area contributed by atoms with E-state index < -0.39 is 0 Å². The monoisotopic (exact) mass is 260 g/mol. The Morgan fingerprint density at radius 1 is 1.27 bits per heavy atom. The van der Waals surface area contributed by atoms with E-state index in [1.54, 1.807) is 0 Å². The molecule has 1 aromatic carbocycles. The molecule has 0 aliphatic heterocycles. The summed E-state index contributed by atoms with van der Waals surface area (Å²) in [6.45, 7) is 4.49. The molecule has 0 fully saturated rings. The summed E-state index contributed by atoms with van der Waals surface area (Å²) in [6.07, 6.45) is 1.22. The summed E-state index contributed by atoms with van der Waals surface area (Å²) in [7, 11) is 0. The van der Waals surface area contributed by atoms with Crippen LogP contribution in [0.2, 0.25) is 0 Å². The third-order valence-electron chi connectivity index (χ3n) is 2.05. The molecule has 0 bridgehead atoms. The van der Waals surface area contributed by atoms with Crippen molar-refractivity contribution in [3.63, 3.8) is 0 Å². The Morgan fingerprint density at radius 2 is 1.82 bits per heavy atom. The van der Waals surface area contributed by atoms with Gasteiger partial charge in [-0.3, -0.25) is 0 Å². The van der Waals surface area contributed by atoms with Crippen molar-refractivity contribution in [3.05, 3.63) is 33.4 Å². The molecule has 0 saturated carbocycles. The quantitative estimate of drug-likeness (QED) is 0.709. The maximum atomic E-state index is 2.33. The summed E-state index contributed by atoms with van der Waals surface area (Å²) in [5.74, 6) is 0.701. The molecule has 0 spiro atoms.